The van der Waals surface area contributed by atoms with Crippen molar-refractivity contribution < 1.29 is 14.7 Å². The molecule has 0 spiro atoms. The number of hydrogen-bond donors (Lipinski definition) is 1. The zero-order valence-corrected chi connectivity index (χ0v) is 23.1. The molecule has 2 unspecified atom stereocenters. The van der Waals surface area contributed by atoms with E-state index in [0.717, 1.165) is 35.4 Å². The molecule has 2 aromatic carbocycles. The SMILES string of the molecule is CCC(c1cccc(C2CC2)n1)N1C(=O)[C@@](C)(CC(=O)O)CC(c2cccc(Cl)c2)[C@H]1c1ccc(Cl)cc1. The number of amides is 1. The van der Waals surface area contributed by atoms with E-state index in [2.05, 4.69) is 13.0 Å². The molecule has 2 aliphatic rings. The second kappa shape index (κ2) is 10.7. The number of pyridine rings is 1. The summed E-state index contributed by atoms with van der Waals surface area (Å²) in [5.41, 5.74) is 2.73. The fourth-order valence-corrected chi connectivity index (χ4v) is 6.36. The zero-order valence-electron chi connectivity index (χ0n) is 21.6. The van der Waals surface area contributed by atoms with Crippen molar-refractivity contribution in [1.82, 2.24) is 9.88 Å². The second-order valence-electron chi connectivity index (χ2n) is 10.9. The van der Waals surface area contributed by atoms with Crippen LogP contribution in [0.5, 0.6) is 0 Å². The molecule has 5 nitrogen and oxygen atoms in total. The Morgan fingerprint density at radius 3 is 2.39 bits per heavy atom. The van der Waals surface area contributed by atoms with Crippen LogP contribution in [0.25, 0.3) is 0 Å². The van der Waals surface area contributed by atoms with E-state index >= 15 is 0 Å². The van der Waals surface area contributed by atoms with Gasteiger partial charge in [0.1, 0.15) is 0 Å². The van der Waals surface area contributed by atoms with E-state index in [9.17, 15) is 14.7 Å². The second-order valence-corrected chi connectivity index (χ2v) is 11.8. The van der Waals surface area contributed by atoms with E-state index < -0.39 is 11.4 Å². The lowest BCUT2D eigenvalue weighted by Crippen LogP contribution is -2.53. The number of hydrogen-bond acceptors (Lipinski definition) is 3. The Labute approximate surface area is 233 Å². The molecule has 0 radical (unpaired) electrons. The smallest absolute Gasteiger partial charge is 0.304 e. The third kappa shape index (κ3) is 5.32. The summed E-state index contributed by atoms with van der Waals surface area (Å²) in [4.78, 5) is 33.4. The van der Waals surface area contributed by atoms with Crippen molar-refractivity contribution in [3.05, 3.63) is 99.3 Å². The van der Waals surface area contributed by atoms with Crippen molar-refractivity contribution in [3.63, 3.8) is 0 Å². The molecule has 7 heteroatoms. The molecule has 1 amide bonds. The maximum absolute atomic E-state index is 14.5. The van der Waals surface area contributed by atoms with E-state index in [4.69, 9.17) is 28.2 Å². The van der Waals surface area contributed by atoms with E-state index in [1.807, 2.05) is 65.6 Å². The number of halogens is 2. The van der Waals surface area contributed by atoms with Crippen molar-refractivity contribution in [2.75, 3.05) is 0 Å². The Hall–Kier alpha value is -2.89. The molecule has 4 atom stereocenters. The average molecular weight is 552 g/mol. The molecular weight excluding hydrogens is 519 g/mol. The number of carbonyl (C=O) groups is 2. The Bertz CT molecular complexity index is 1340. The number of carbonyl (C=O) groups excluding carboxylic acids is 1. The molecule has 198 valence electrons. The number of carboxylic acid groups (broad SMARTS) is 1. The van der Waals surface area contributed by atoms with Crippen LogP contribution in [0.4, 0.5) is 0 Å². The van der Waals surface area contributed by atoms with Gasteiger partial charge in [0.05, 0.1) is 29.6 Å². The number of likely N-dealkylation sites (tertiary alicyclic amines) is 1. The molecule has 0 bridgehead atoms. The van der Waals surface area contributed by atoms with Crippen LogP contribution < -0.4 is 0 Å². The lowest BCUT2D eigenvalue weighted by atomic mass is 9.67. The normalized spacial score (nSPS) is 24.3. The fourth-order valence-electron chi connectivity index (χ4n) is 6.03. The summed E-state index contributed by atoms with van der Waals surface area (Å²) in [5.74, 6) is -0.855. The summed E-state index contributed by atoms with van der Waals surface area (Å²) in [6.07, 6.45) is 3.04. The van der Waals surface area contributed by atoms with Crippen molar-refractivity contribution in [2.24, 2.45) is 5.41 Å². The van der Waals surface area contributed by atoms with Gasteiger partial charge in [-0.05, 0) is 73.2 Å². The van der Waals surface area contributed by atoms with Crippen LogP contribution in [-0.4, -0.2) is 26.9 Å². The number of aromatic nitrogens is 1. The Kier molecular flexibility index (Phi) is 7.52. The van der Waals surface area contributed by atoms with Crippen LogP contribution in [0.2, 0.25) is 10.0 Å². The number of aliphatic carboxylic acids is 1. The molecule has 1 aliphatic carbocycles. The summed E-state index contributed by atoms with van der Waals surface area (Å²) in [5, 5.41) is 11.1. The monoisotopic (exact) mass is 550 g/mol. The molecule has 38 heavy (non-hydrogen) atoms. The number of piperidine rings is 1. The van der Waals surface area contributed by atoms with Crippen molar-refractivity contribution in [1.29, 1.82) is 0 Å². The van der Waals surface area contributed by atoms with E-state index in [1.54, 1.807) is 6.92 Å². The van der Waals surface area contributed by atoms with Crippen molar-refractivity contribution >= 4 is 35.1 Å². The molecule has 2 fully saturated rings. The van der Waals surface area contributed by atoms with Gasteiger partial charge >= 0.3 is 5.97 Å². The molecule has 1 saturated heterocycles. The van der Waals surface area contributed by atoms with Crippen LogP contribution >= 0.6 is 23.2 Å². The Balaban J connectivity index is 1.70. The maximum Gasteiger partial charge on any atom is 0.304 e. The first-order valence-electron chi connectivity index (χ1n) is 13.2. The van der Waals surface area contributed by atoms with Gasteiger partial charge in [0.2, 0.25) is 5.91 Å². The minimum absolute atomic E-state index is 0.163. The number of benzene rings is 2. The van der Waals surface area contributed by atoms with Gasteiger partial charge in [-0.3, -0.25) is 14.6 Å². The largest absolute Gasteiger partial charge is 0.481 e. The highest BCUT2D eigenvalue weighted by Gasteiger charge is 2.52. The van der Waals surface area contributed by atoms with Gasteiger partial charge in [0.15, 0.2) is 0 Å². The van der Waals surface area contributed by atoms with Crippen LogP contribution in [0.15, 0.2) is 66.7 Å². The lowest BCUT2D eigenvalue weighted by molar-refractivity contribution is -0.161. The van der Waals surface area contributed by atoms with E-state index in [-0.39, 0.29) is 30.3 Å². The number of rotatable bonds is 8. The molecule has 1 N–H and O–H groups in total. The summed E-state index contributed by atoms with van der Waals surface area (Å²) in [6, 6.07) is 20.7. The summed E-state index contributed by atoms with van der Waals surface area (Å²) in [7, 11) is 0. The predicted molar refractivity (Wildman–Crippen MR) is 149 cm³/mol. The van der Waals surface area contributed by atoms with Crippen molar-refractivity contribution in [3.8, 4) is 0 Å². The highest BCUT2D eigenvalue weighted by Crippen LogP contribution is 2.54. The third-order valence-corrected chi connectivity index (χ3v) is 8.47. The van der Waals surface area contributed by atoms with Crippen LogP contribution in [-0.2, 0) is 9.59 Å². The first kappa shape index (κ1) is 26.7. The quantitative estimate of drug-likeness (QED) is 0.308. The van der Waals surface area contributed by atoms with Gasteiger partial charge in [-0.25, -0.2) is 0 Å². The molecule has 5 rings (SSSR count). The lowest BCUT2D eigenvalue weighted by Gasteiger charge is -2.51. The summed E-state index contributed by atoms with van der Waals surface area (Å²) >= 11 is 12.7. The maximum atomic E-state index is 14.5. The molecular formula is C31H32Cl2N2O3. The van der Waals surface area contributed by atoms with E-state index in [0.29, 0.717) is 28.8 Å². The van der Waals surface area contributed by atoms with Gasteiger partial charge in [-0.1, -0.05) is 67.4 Å². The van der Waals surface area contributed by atoms with Gasteiger partial charge < -0.3 is 10.0 Å². The van der Waals surface area contributed by atoms with Crippen molar-refractivity contribution in [2.45, 2.75) is 69.9 Å². The molecule has 1 aliphatic heterocycles. The average Bonchev–Trinajstić information content (AvgIpc) is 3.73. The molecule has 3 aromatic rings. The predicted octanol–water partition coefficient (Wildman–Crippen LogP) is 7.96. The highest BCUT2D eigenvalue weighted by molar-refractivity contribution is 6.30. The third-order valence-electron chi connectivity index (χ3n) is 7.98. The topological polar surface area (TPSA) is 70.5 Å². The number of nitrogens with zero attached hydrogens (tertiary/aromatic N) is 2. The Morgan fingerprint density at radius 2 is 1.76 bits per heavy atom. The summed E-state index contributed by atoms with van der Waals surface area (Å²) < 4.78 is 0. The minimum atomic E-state index is -1.09. The van der Waals surface area contributed by atoms with Crippen LogP contribution in [0, 0.1) is 5.41 Å². The van der Waals surface area contributed by atoms with Crippen LogP contribution in [0.1, 0.15) is 92.4 Å². The number of carboxylic acids is 1. The van der Waals surface area contributed by atoms with Gasteiger partial charge in [0.25, 0.3) is 0 Å². The van der Waals surface area contributed by atoms with Crippen LogP contribution in [0.3, 0.4) is 0 Å². The Morgan fingerprint density at radius 1 is 1.05 bits per heavy atom. The molecule has 2 heterocycles. The van der Waals surface area contributed by atoms with Gasteiger partial charge in [-0.2, -0.15) is 0 Å². The summed E-state index contributed by atoms with van der Waals surface area (Å²) in [6.45, 7) is 3.84. The van der Waals surface area contributed by atoms with Gasteiger partial charge in [-0.15, -0.1) is 0 Å². The highest BCUT2D eigenvalue weighted by atomic mass is 35.5. The molecule has 1 saturated carbocycles. The minimum Gasteiger partial charge on any atom is -0.481 e. The first-order chi connectivity index (χ1) is 18.2. The standard InChI is InChI=1S/C31H32Cl2N2O3/c1-3-27(26-9-5-8-25(34-26)19-10-11-19)35-29(20-12-14-22(32)15-13-20)24(21-6-4-7-23(33)16-21)17-31(2,30(35)38)18-28(36)37/h4-9,12-16,19,24,27,29H,3,10-11,17-18H2,1-2H3,(H,36,37)/t24?,27?,29-,31-/m1/s1. The molecule has 1 aromatic heterocycles. The van der Waals surface area contributed by atoms with E-state index in [1.165, 1.54) is 0 Å². The first-order valence-corrected chi connectivity index (χ1v) is 14.0. The zero-order chi connectivity index (χ0) is 27.0. The fraction of sp³-hybridized carbons (Fsp3) is 0.387. The van der Waals surface area contributed by atoms with Gasteiger partial charge in [0, 0.05) is 27.6 Å².